The zero-order valence-electron chi connectivity index (χ0n) is 9.79. The monoisotopic (exact) mass is 210 g/mol. The average molecular weight is 210 g/mol. The molecule has 0 saturated carbocycles. The fraction of sp³-hybridized carbons (Fsp3) is 0.667. The molecule has 1 aliphatic rings. The first kappa shape index (κ1) is 12.0. The molecule has 3 heteroatoms. The van der Waals surface area contributed by atoms with Gasteiger partial charge in [0, 0.05) is 0 Å². The summed E-state index contributed by atoms with van der Waals surface area (Å²) < 4.78 is 4.48. The molecule has 0 aromatic carbocycles. The molecule has 1 aliphatic heterocycles. The number of esters is 2. The lowest BCUT2D eigenvalue weighted by atomic mass is 9.87. The molecular formula is C12H18O3. The highest BCUT2D eigenvalue weighted by molar-refractivity contribution is 5.95. The minimum atomic E-state index is -0.412. The smallest absolute Gasteiger partial charge is 0.321 e. The largest absolute Gasteiger partial charge is 0.393 e. The molecule has 1 heterocycles. The standard InChI is InChI=1S/C12H18O3/c1-8(7-12(2,3)4)5-9-6-10(13)15-11(9)14/h5,9H,6-7H2,1-4H3/b8-5-. The minimum Gasteiger partial charge on any atom is -0.393 e. The Morgan fingerprint density at radius 1 is 1.47 bits per heavy atom. The van der Waals surface area contributed by atoms with E-state index in [0.717, 1.165) is 12.0 Å². The summed E-state index contributed by atoms with van der Waals surface area (Å²) in [6.45, 7) is 8.41. The van der Waals surface area contributed by atoms with E-state index in [4.69, 9.17) is 0 Å². The maximum Gasteiger partial charge on any atom is 0.321 e. The number of ether oxygens (including phenoxy) is 1. The van der Waals surface area contributed by atoms with Crippen molar-refractivity contribution in [2.75, 3.05) is 0 Å². The van der Waals surface area contributed by atoms with Crippen LogP contribution < -0.4 is 0 Å². The molecular weight excluding hydrogens is 192 g/mol. The van der Waals surface area contributed by atoms with Gasteiger partial charge in [-0.05, 0) is 18.8 Å². The van der Waals surface area contributed by atoms with E-state index < -0.39 is 11.9 Å². The van der Waals surface area contributed by atoms with Crippen LogP contribution in [0, 0.1) is 11.3 Å². The number of hydrogen-bond donors (Lipinski definition) is 0. The van der Waals surface area contributed by atoms with Crippen molar-refractivity contribution in [2.45, 2.75) is 40.5 Å². The van der Waals surface area contributed by atoms with Crippen LogP contribution in [0.4, 0.5) is 0 Å². The zero-order chi connectivity index (χ0) is 11.6. The summed E-state index contributed by atoms with van der Waals surface area (Å²) in [5.41, 5.74) is 1.34. The fourth-order valence-corrected chi connectivity index (χ4v) is 1.86. The van der Waals surface area contributed by atoms with Crippen LogP contribution in [0.1, 0.15) is 40.5 Å². The maximum atomic E-state index is 11.2. The maximum absolute atomic E-state index is 11.2. The Hall–Kier alpha value is -1.12. The molecule has 0 spiro atoms. The van der Waals surface area contributed by atoms with E-state index in [2.05, 4.69) is 25.5 Å². The Morgan fingerprint density at radius 3 is 2.47 bits per heavy atom. The molecule has 0 radical (unpaired) electrons. The molecule has 15 heavy (non-hydrogen) atoms. The third-order valence-corrected chi connectivity index (χ3v) is 2.20. The Kier molecular flexibility index (Phi) is 3.32. The predicted molar refractivity (Wildman–Crippen MR) is 57.0 cm³/mol. The van der Waals surface area contributed by atoms with E-state index in [-0.39, 0.29) is 17.8 Å². The molecule has 0 aliphatic carbocycles. The van der Waals surface area contributed by atoms with Crippen molar-refractivity contribution in [3.8, 4) is 0 Å². The van der Waals surface area contributed by atoms with E-state index in [1.54, 1.807) is 0 Å². The molecule has 0 aromatic rings. The third kappa shape index (κ3) is 3.86. The average Bonchev–Trinajstić information content (AvgIpc) is 2.25. The van der Waals surface area contributed by atoms with Crippen molar-refractivity contribution in [2.24, 2.45) is 11.3 Å². The van der Waals surface area contributed by atoms with Gasteiger partial charge in [-0.15, -0.1) is 0 Å². The second-order valence-electron chi connectivity index (χ2n) is 5.35. The number of cyclic esters (lactones) is 2. The number of rotatable bonds is 2. The second kappa shape index (κ2) is 4.17. The fourth-order valence-electron chi connectivity index (χ4n) is 1.86. The van der Waals surface area contributed by atoms with Gasteiger partial charge in [0.2, 0.25) is 0 Å². The lowest BCUT2D eigenvalue weighted by Gasteiger charge is -2.18. The first-order valence-corrected chi connectivity index (χ1v) is 5.20. The van der Waals surface area contributed by atoms with E-state index in [1.165, 1.54) is 0 Å². The molecule has 1 fully saturated rings. The summed E-state index contributed by atoms with van der Waals surface area (Å²) in [5, 5.41) is 0. The van der Waals surface area contributed by atoms with E-state index in [9.17, 15) is 9.59 Å². The normalized spacial score (nSPS) is 23.2. The highest BCUT2D eigenvalue weighted by Crippen LogP contribution is 2.26. The van der Waals surface area contributed by atoms with Crippen LogP contribution in [0.2, 0.25) is 0 Å². The first-order valence-electron chi connectivity index (χ1n) is 5.20. The molecule has 0 aromatic heterocycles. The lowest BCUT2D eigenvalue weighted by molar-refractivity contribution is -0.152. The molecule has 0 bridgehead atoms. The van der Waals surface area contributed by atoms with Crippen molar-refractivity contribution >= 4 is 11.9 Å². The number of carbonyl (C=O) groups excluding carboxylic acids is 2. The van der Waals surface area contributed by atoms with E-state index >= 15 is 0 Å². The van der Waals surface area contributed by atoms with Gasteiger partial charge >= 0.3 is 11.9 Å². The molecule has 1 saturated heterocycles. The van der Waals surface area contributed by atoms with Gasteiger partial charge in [0.1, 0.15) is 0 Å². The van der Waals surface area contributed by atoms with Gasteiger partial charge in [-0.2, -0.15) is 0 Å². The summed E-state index contributed by atoms with van der Waals surface area (Å²) in [7, 11) is 0. The Labute approximate surface area is 90.5 Å². The highest BCUT2D eigenvalue weighted by atomic mass is 16.6. The Bertz CT molecular complexity index is 307. The lowest BCUT2D eigenvalue weighted by Crippen LogP contribution is -2.08. The number of allylic oxidation sites excluding steroid dienone is 1. The van der Waals surface area contributed by atoms with Crippen LogP contribution in [0.15, 0.2) is 11.6 Å². The third-order valence-electron chi connectivity index (χ3n) is 2.20. The van der Waals surface area contributed by atoms with Crippen molar-refractivity contribution in [3.05, 3.63) is 11.6 Å². The first-order chi connectivity index (χ1) is 6.78. The number of carbonyl (C=O) groups is 2. The van der Waals surface area contributed by atoms with Crippen molar-refractivity contribution in [3.63, 3.8) is 0 Å². The SMILES string of the molecule is C/C(=C/C1CC(=O)OC1=O)CC(C)(C)C. The predicted octanol–water partition coefficient (Wildman–Crippen LogP) is 2.46. The Morgan fingerprint density at radius 2 is 2.07 bits per heavy atom. The topological polar surface area (TPSA) is 43.4 Å². The van der Waals surface area contributed by atoms with Crippen LogP contribution in [0.5, 0.6) is 0 Å². The van der Waals surface area contributed by atoms with Crippen molar-refractivity contribution in [1.29, 1.82) is 0 Å². The molecule has 3 nitrogen and oxygen atoms in total. The van der Waals surface area contributed by atoms with Gasteiger partial charge in [0.15, 0.2) is 0 Å². The second-order valence-corrected chi connectivity index (χ2v) is 5.35. The van der Waals surface area contributed by atoms with Gasteiger partial charge in [0.05, 0.1) is 12.3 Å². The van der Waals surface area contributed by atoms with E-state index in [0.29, 0.717) is 0 Å². The highest BCUT2D eigenvalue weighted by Gasteiger charge is 2.31. The summed E-state index contributed by atoms with van der Waals surface area (Å²) in [6.07, 6.45) is 2.98. The van der Waals surface area contributed by atoms with Crippen molar-refractivity contribution in [1.82, 2.24) is 0 Å². The van der Waals surface area contributed by atoms with Gasteiger partial charge in [-0.3, -0.25) is 9.59 Å². The van der Waals surface area contributed by atoms with Crippen LogP contribution in [-0.4, -0.2) is 11.9 Å². The molecule has 1 rings (SSSR count). The van der Waals surface area contributed by atoms with Gasteiger partial charge in [-0.1, -0.05) is 32.4 Å². The van der Waals surface area contributed by atoms with Gasteiger partial charge in [-0.25, -0.2) is 0 Å². The van der Waals surface area contributed by atoms with Crippen molar-refractivity contribution < 1.29 is 14.3 Å². The summed E-state index contributed by atoms with van der Waals surface area (Å²) in [5.74, 6) is -1.18. The van der Waals surface area contributed by atoms with Crippen LogP contribution in [0.3, 0.4) is 0 Å². The van der Waals surface area contributed by atoms with Gasteiger partial charge < -0.3 is 4.74 Å². The van der Waals surface area contributed by atoms with Crippen LogP contribution in [-0.2, 0) is 14.3 Å². The molecule has 1 atom stereocenters. The number of hydrogen-bond acceptors (Lipinski definition) is 3. The van der Waals surface area contributed by atoms with Crippen LogP contribution >= 0.6 is 0 Å². The summed E-state index contributed by atoms with van der Waals surface area (Å²) in [6, 6.07) is 0. The van der Waals surface area contributed by atoms with Gasteiger partial charge in [0.25, 0.3) is 0 Å². The van der Waals surface area contributed by atoms with Crippen LogP contribution in [0.25, 0.3) is 0 Å². The summed E-state index contributed by atoms with van der Waals surface area (Å²) in [4.78, 5) is 22.1. The quantitative estimate of drug-likeness (QED) is 0.399. The van der Waals surface area contributed by atoms with E-state index in [1.807, 2.05) is 13.0 Å². The summed E-state index contributed by atoms with van der Waals surface area (Å²) >= 11 is 0. The zero-order valence-corrected chi connectivity index (χ0v) is 9.79. The molecule has 0 N–H and O–H groups in total. The Balaban J connectivity index is 2.63. The molecule has 0 amide bonds. The molecule has 84 valence electrons. The minimum absolute atomic E-state index is 0.195. The molecule has 1 unspecified atom stereocenters.